The van der Waals surface area contributed by atoms with Crippen LogP contribution in [0.3, 0.4) is 0 Å². The number of benzene rings is 2. The van der Waals surface area contributed by atoms with Crippen molar-refractivity contribution in [3.8, 4) is 0 Å². The van der Waals surface area contributed by atoms with Crippen LogP contribution in [-0.4, -0.2) is 15.0 Å². The predicted molar refractivity (Wildman–Crippen MR) is 75.5 cm³/mol. The second-order valence-electron chi connectivity index (χ2n) is 4.64. The predicted octanol–water partition coefficient (Wildman–Crippen LogP) is 2.16. The molecule has 0 aromatic heterocycles. The minimum Gasteiger partial charge on any atom is -0.396 e. The second-order valence-corrected chi connectivity index (χ2v) is 6.50. The van der Waals surface area contributed by atoms with Crippen LogP contribution in [0, 0.1) is 5.82 Å². The molecule has 1 heterocycles. The highest BCUT2D eigenvalue weighted by Gasteiger charge is 2.30. The first kappa shape index (κ1) is 12.9. The van der Waals surface area contributed by atoms with E-state index in [2.05, 4.69) is 0 Å². The van der Waals surface area contributed by atoms with Crippen LogP contribution < -0.4 is 10.0 Å². The fourth-order valence-corrected chi connectivity index (χ4v) is 3.91. The number of halogens is 1. The highest BCUT2D eigenvalue weighted by Crippen LogP contribution is 2.33. The van der Waals surface area contributed by atoms with Crippen LogP contribution in [-0.2, 0) is 16.4 Å². The van der Waals surface area contributed by atoms with Crippen molar-refractivity contribution in [1.29, 1.82) is 0 Å². The zero-order chi connectivity index (χ0) is 14.3. The minimum atomic E-state index is -3.70. The van der Waals surface area contributed by atoms with E-state index in [1.54, 1.807) is 12.1 Å². The Hall–Kier alpha value is -2.08. The van der Waals surface area contributed by atoms with E-state index in [4.69, 9.17) is 5.73 Å². The Bertz CT molecular complexity index is 774. The molecule has 0 amide bonds. The Kier molecular flexibility index (Phi) is 2.90. The second kappa shape index (κ2) is 4.49. The maximum Gasteiger partial charge on any atom is 0.264 e. The molecule has 20 heavy (non-hydrogen) atoms. The fraction of sp³-hybridized carbons (Fsp3) is 0.143. The lowest BCUT2D eigenvalue weighted by Gasteiger charge is -2.19. The van der Waals surface area contributed by atoms with Crippen molar-refractivity contribution in [2.75, 3.05) is 16.6 Å². The summed E-state index contributed by atoms with van der Waals surface area (Å²) in [7, 11) is -3.70. The zero-order valence-corrected chi connectivity index (χ0v) is 11.4. The summed E-state index contributed by atoms with van der Waals surface area (Å²) in [5.41, 5.74) is 6.95. The van der Waals surface area contributed by atoms with E-state index in [0.29, 0.717) is 18.7 Å². The van der Waals surface area contributed by atoms with Gasteiger partial charge in [0.25, 0.3) is 10.0 Å². The van der Waals surface area contributed by atoms with Gasteiger partial charge in [-0.3, -0.25) is 4.31 Å². The van der Waals surface area contributed by atoms with Crippen LogP contribution in [0.2, 0.25) is 0 Å². The zero-order valence-electron chi connectivity index (χ0n) is 10.6. The smallest absolute Gasteiger partial charge is 0.264 e. The quantitative estimate of drug-likeness (QED) is 0.863. The Balaban J connectivity index is 2.07. The van der Waals surface area contributed by atoms with Gasteiger partial charge in [0.2, 0.25) is 0 Å². The number of hydrogen-bond acceptors (Lipinski definition) is 3. The van der Waals surface area contributed by atoms with Crippen molar-refractivity contribution < 1.29 is 12.8 Å². The lowest BCUT2D eigenvalue weighted by molar-refractivity contribution is 0.591. The number of sulfonamides is 1. The molecule has 6 heteroatoms. The SMILES string of the molecule is Nc1cc(S(=O)(=O)N2CCc3ccccc32)ccc1F. The Labute approximate surface area is 116 Å². The molecule has 1 aliphatic heterocycles. The third-order valence-corrected chi connectivity index (χ3v) is 5.21. The molecule has 2 aromatic rings. The van der Waals surface area contributed by atoms with Gasteiger partial charge in [0.15, 0.2) is 0 Å². The Morgan fingerprint density at radius 2 is 1.90 bits per heavy atom. The number of nitrogens with two attached hydrogens (primary N) is 1. The van der Waals surface area contributed by atoms with Gasteiger partial charge in [-0.25, -0.2) is 12.8 Å². The highest BCUT2D eigenvalue weighted by atomic mass is 32.2. The van der Waals surface area contributed by atoms with Gasteiger partial charge in [0, 0.05) is 6.54 Å². The molecule has 0 bridgehead atoms. The summed E-state index contributed by atoms with van der Waals surface area (Å²) >= 11 is 0. The number of rotatable bonds is 2. The molecule has 0 fully saturated rings. The molecule has 2 N–H and O–H groups in total. The number of hydrogen-bond donors (Lipinski definition) is 1. The standard InChI is InChI=1S/C14H13FN2O2S/c15-12-6-5-11(9-13(12)16)20(18,19)17-8-7-10-3-1-2-4-14(10)17/h1-6,9H,7-8,16H2. The highest BCUT2D eigenvalue weighted by molar-refractivity contribution is 7.92. The maximum absolute atomic E-state index is 13.2. The van der Waals surface area contributed by atoms with Crippen molar-refractivity contribution >= 4 is 21.4 Å². The van der Waals surface area contributed by atoms with Gasteiger partial charge in [-0.2, -0.15) is 0 Å². The molecule has 2 aromatic carbocycles. The topological polar surface area (TPSA) is 63.4 Å². The normalized spacial score (nSPS) is 14.3. The van der Waals surface area contributed by atoms with Crippen molar-refractivity contribution in [3.63, 3.8) is 0 Å². The Morgan fingerprint density at radius 3 is 2.65 bits per heavy atom. The molecule has 104 valence electrons. The van der Waals surface area contributed by atoms with E-state index in [1.807, 2.05) is 12.1 Å². The van der Waals surface area contributed by atoms with E-state index in [1.165, 1.54) is 10.4 Å². The summed E-state index contributed by atoms with van der Waals surface area (Å²) in [5, 5.41) is 0. The molecule has 1 aliphatic rings. The molecule has 4 nitrogen and oxygen atoms in total. The van der Waals surface area contributed by atoms with E-state index in [9.17, 15) is 12.8 Å². The van der Waals surface area contributed by atoms with E-state index >= 15 is 0 Å². The largest absolute Gasteiger partial charge is 0.396 e. The summed E-state index contributed by atoms with van der Waals surface area (Å²) < 4.78 is 39.7. The van der Waals surface area contributed by atoms with E-state index in [-0.39, 0.29) is 10.6 Å². The number of fused-ring (bicyclic) bond motifs is 1. The average Bonchev–Trinajstić information content (AvgIpc) is 2.86. The van der Waals surface area contributed by atoms with Crippen LogP contribution in [0.4, 0.5) is 15.8 Å². The van der Waals surface area contributed by atoms with Gasteiger partial charge in [0.05, 0.1) is 16.3 Å². The van der Waals surface area contributed by atoms with Crippen LogP contribution >= 0.6 is 0 Å². The number of para-hydroxylation sites is 1. The van der Waals surface area contributed by atoms with E-state index < -0.39 is 15.8 Å². The number of anilines is 2. The lowest BCUT2D eigenvalue weighted by Crippen LogP contribution is -2.29. The van der Waals surface area contributed by atoms with Gasteiger partial charge >= 0.3 is 0 Å². The first-order chi connectivity index (χ1) is 9.50. The van der Waals surface area contributed by atoms with E-state index in [0.717, 1.165) is 17.7 Å². The summed E-state index contributed by atoms with van der Waals surface area (Å²) in [6.07, 6.45) is 0.673. The number of nitrogens with zero attached hydrogens (tertiary/aromatic N) is 1. The molecular weight excluding hydrogens is 279 g/mol. The molecule has 0 saturated carbocycles. The van der Waals surface area contributed by atoms with Crippen LogP contribution in [0.1, 0.15) is 5.56 Å². The van der Waals surface area contributed by atoms with Gasteiger partial charge in [-0.1, -0.05) is 18.2 Å². The maximum atomic E-state index is 13.2. The fourth-order valence-electron chi connectivity index (χ4n) is 2.37. The summed E-state index contributed by atoms with van der Waals surface area (Å²) in [4.78, 5) is 0.00750. The van der Waals surface area contributed by atoms with Crippen LogP contribution in [0.5, 0.6) is 0 Å². The molecule has 0 atom stereocenters. The monoisotopic (exact) mass is 292 g/mol. The summed E-state index contributed by atoms with van der Waals surface area (Å²) in [6, 6.07) is 10.8. The first-order valence-electron chi connectivity index (χ1n) is 6.16. The molecule has 0 saturated heterocycles. The molecule has 0 unspecified atom stereocenters. The lowest BCUT2D eigenvalue weighted by atomic mass is 10.2. The third kappa shape index (κ3) is 1.92. The van der Waals surface area contributed by atoms with Gasteiger partial charge < -0.3 is 5.73 Å². The molecule has 3 rings (SSSR count). The Morgan fingerprint density at radius 1 is 1.15 bits per heavy atom. The van der Waals surface area contributed by atoms with Gasteiger partial charge in [-0.15, -0.1) is 0 Å². The van der Waals surface area contributed by atoms with Crippen LogP contribution in [0.25, 0.3) is 0 Å². The molecule has 0 spiro atoms. The van der Waals surface area contributed by atoms with Crippen molar-refractivity contribution in [2.45, 2.75) is 11.3 Å². The summed E-state index contributed by atoms with van der Waals surface area (Å²) in [5.74, 6) is -0.620. The number of nitrogen functional groups attached to an aromatic ring is 1. The third-order valence-electron chi connectivity index (χ3n) is 3.40. The van der Waals surface area contributed by atoms with Gasteiger partial charge in [0.1, 0.15) is 5.82 Å². The minimum absolute atomic E-state index is 0.00750. The van der Waals surface area contributed by atoms with Gasteiger partial charge in [-0.05, 0) is 36.2 Å². The molecular formula is C14H13FN2O2S. The van der Waals surface area contributed by atoms with Crippen molar-refractivity contribution in [1.82, 2.24) is 0 Å². The van der Waals surface area contributed by atoms with Crippen molar-refractivity contribution in [3.05, 3.63) is 53.8 Å². The van der Waals surface area contributed by atoms with Crippen molar-refractivity contribution in [2.24, 2.45) is 0 Å². The summed E-state index contributed by atoms with van der Waals surface area (Å²) in [6.45, 7) is 0.388. The molecule has 0 aliphatic carbocycles. The molecule has 0 radical (unpaired) electrons. The van der Waals surface area contributed by atoms with Crippen LogP contribution in [0.15, 0.2) is 47.4 Å². The average molecular weight is 292 g/mol. The first-order valence-corrected chi connectivity index (χ1v) is 7.60.